The monoisotopic (exact) mass is 374 g/mol. The lowest BCUT2D eigenvalue weighted by Crippen LogP contribution is -2.34. The van der Waals surface area contributed by atoms with Crippen LogP contribution in [-0.2, 0) is 11.3 Å². The molecule has 2 aromatic rings. The van der Waals surface area contributed by atoms with Crippen molar-refractivity contribution in [1.29, 1.82) is 0 Å². The Morgan fingerprint density at radius 1 is 1.40 bits per heavy atom. The maximum absolute atomic E-state index is 12.5. The summed E-state index contributed by atoms with van der Waals surface area (Å²) in [6.45, 7) is 1.43. The summed E-state index contributed by atoms with van der Waals surface area (Å²) in [4.78, 5) is 15.6. The molecule has 0 saturated carbocycles. The first kappa shape index (κ1) is 16.1. The second-order valence-electron chi connectivity index (χ2n) is 5.91. The SMILES string of the molecule is O=C(CN1C=Cc2sncc2C1)N1CCC(c2cc(Cl)ccc2O)=N1. The molecule has 0 radical (unpaired) electrons. The molecule has 8 heteroatoms. The minimum Gasteiger partial charge on any atom is -0.507 e. The number of carbonyl (C=O) groups is 1. The number of benzene rings is 1. The van der Waals surface area contributed by atoms with Crippen LogP contribution in [0.3, 0.4) is 0 Å². The average molecular weight is 375 g/mol. The van der Waals surface area contributed by atoms with E-state index in [9.17, 15) is 9.90 Å². The predicted octanol–water partition coefficient (Wildman–Crippen LogP) is 2.93. The molecule has 2 aliphatic rings. The molecule has 1 aromatic heterocycles. The van der Waals surface area contributed by atoms with Gasteiger partial charge in [0.05, 0.1) is 23.7 Å². The Labute approximate surface area is 153 Å². The predicted molar refractivity (Wildman–Crippen MR) is 97.5 cm³/mol. The zero-order chi connectivity index (χ0) is 17.4. The summed E-state index contributed by atoms with van der Waals surface area (Å²) in [7, 11) is 0. The molecule has 0 aliphatic carbocycles. The number of phenols is 1. The molecular weight excluding hydrogens is 360 g/mol. The van der Waals surface area contributed by atoms with Gasteiger partial charge in [-0.05, 0) is 35.8 Å². The van der Waals surface area contributed by atoms with Crippen LogP contribution >= 0.6 is 23.1 Å². The second kappa shape index (κ2) is 6.50. The van der Waals surface area contributed by atoms with E-state index >= 15 is 0 Å². The van der Waals surface area contributed by atoms with Crippen LogP contribution in [0.4, 0.5) is 0 Å². The van der Waals surface area contributed by atoms with Crippen LogP contribution in [0.5, 0.6) is 5.75 Å². The third-order valence-corrected chi connectivity index (χ3v) is 5.22. The van der Waals surface area contributed by atoms with Gasteiger partial charge in [0.15, 0.2) is 0 Å². The zero-order valence-electron chi connectivity index (χ0n) is 13.2. The molecule has 0 spiro atoms. The van der Waals surface area contributed by atoms with Crippen molar-refractivity contribution in [3.8, 4) is 5.75 Å². The smallest absolute Gasteiger partial charge is 0.262 e. The third-order valence-electron chi connectivity index (χ3n) is 4.18. The van der Waals surface area contributed by atoms with Crippen molar-refractivity contribution >= 4 is 40.8 Å². The Balaban J connectivity index is 1.45. The Hall–Kier alpha value is -2.38. The van der Waals surface area contributed by atoms with Crippen molar-refractivity contribution in [3.05, 3.63) is 51.6 Å². The molecule has 25 heavy (non-hydrogen) atoms. The number of hydrogen-bond acceptors (Lipinski definition) is 6. The molecule has 3 heterocycles. The molecule has 0 bridgehead atoms. The van der Waals surface area contributed by atoms with Gasteiger partial charge in [0.1, 0.15) is 5.75 Å². The number of fused-ring (bicyclic) bond motifs is 1. The van der Waals surface area contributed by atoms with Gasteiger partial charge in [-0.1, -0.05) is 11.6 Å². The Kier molecular flexibility index (Phi) is 4.19. The van der Waals surface area contributed by atoms with Gasteiger partial charge in [-0.2, -0.15) is 5.10 Å². The van der Waals surface area contributed by atoms with Crippen molar-refractivity contribution in [2.75, 3.05) is 13.1 Å². The normalized spacial score (nSPS) is 16.1. The minimum atomic E-state index is -0.0761. The molecule has 0 fully saturated rings. The van der Waals surface area contributed by atoms with Gasteiger partial charge in [0, 0.05) is 41.5 Å². The van der Waals surface area contributed by atoms with Crippen LogP contribution < -0.4 is 0 Å². The van der Waals surface area contributed by atoms with Crippen molar-refractivity contribution in [2.24, 2.45) is 5.10 Å². The van der Waals surface area contributed by atoms with Crippen molar-refractivity contribution < 1.29 is 9.90 Å². The van der Waals surface area contributed by atoms with Crippen molar-refractivity contribution in [3.63, 3.8) is 0 Å². The van der Waals surface area contributed by atoms with Crippen molar-refractivity contribution in [2.45, 2.75) is 13.0 Å². The van der Waals surface area contributed by atoms with Crippen LogP contribution in [0.2, 0.25) is 5.02 Å². The average Bonchev–Trinajstić information content (AvgIpc) is 3.25. The van der Waals surface area contributed by atoms with Gasteiger partial charge in [-0.15, -0.1) is 0 Å². The molecule has 2 aliphatic heterocycles. The molecule has 1 amide bonds. The van der Waals surface area contributed by atoms with Gasteiger partial charge in [-0.25, -0.2) is 9.38 Å². The van der Waals surface area contributed by atoms with Crippen LogP contribution in [0, 0.1) is 0 Å². The topological polar surface area (TPSA) is 69.0 Å². The fourth-order valence-corrected chi connectivity index (χ4v) is 3.72. The Bertz CT molecular complexity index is 893. The quantitative estimate of drug-likeness (QED) is 0.896. The summed E-state index contributed by atoms with van der Waals surface area (Å²) in [6, 6.07) is 4.83. The fourth-order valence-electron chi connectivity index (χ4n) is 2.90. The summed E-state index contributed by atoms with van der Waals surface area (Å²) >= 11 is 7.45. The van der Waals surface area contributed by atoms with E-state index in [1.54, 1.807) is 12.1 Å². The first-order valence-corrected chi connectivity index (χ1v) is 8.98. The van der Waals surface area contributed by atoms with Crippen LogP contribution in [0.1, 0.15) is 22.4 Å². The number of nitrogens with zero attached hydrogens (tertiary/aromatic N) is 4. The lowest BCUT2D eigenvalue weighted by molar-refractivity contribution is -0.131. The largest absolute Gasteiger partial charge is 0.507 e. The molecule has 1 aromatic carbocycles. The Morgan fingerprint density at radius 3 is 3.16 bits per heavy atom. The van der Waals surface area contributed by atoms with E-state index in [1.165, 1.54) is 22.6 Å². The molecule has 0 atom stereocenters. The third kappa shape index (κ3) is 3.25. The number of rotatable bonds is 3. The number of hydrogen-bond donors (Lipinski definition) is 1. The van der Waals surface area contributed by atoms with Gasteiger partial charge in [0.2, 0.25) is 0 Å². The molecule has 128 valence electrons. The maximum atomic E-state index is 12.5. The lowest BCUT2D eigenvalue weighted by atomic mass is 10.1. The van der Waals surface area contributed by atoms with E-state index in [0.29, 0.717) is 35.8 Å². The number of halogens is 1. The number of aromatic hydroxyl groups is 1. The van der Waals surface area contributed by atoms with E-state index in [1.807, 2.05) is 23.4 Å². The van der Waals surface area contributed by atoms with Gasteiger partial charge >= 0.3 is 0 Å². The highest BCUT2D eigenvalue weighted by molar-refractivity contribution is 7.06. The van der Waals surface area contributed by atoms with Gasteiger partial charge < -0.3 is 10.0 Å². The highest BCUT2D eigenvalue weighted by atomic mass is 35.5. The van der Waals surface area contributed by atoms with E-state index in [0.717, 1.165) is 10.4 Å². The summed E-state index contributed by atoms with van der Waals surface area (Å²) < 4.78 is 4.17. The van der Waals surface area contributed by atoms with Crippen molar-refractivity contribution in [1.82, 2.24) is 14.3 Å². The van der Waals surface area contributed by atoms with E-state index in [-0.39, 0.29) is 18.2 Å². The summed E-state index contributed by atoms with van der Waals surface area (Å²) in [5.74, 6) is 0.0432. The van der Waals surface area contributed by atoms with E-state index in [2.05, 4.69) is 9.47 Å². The standard InChI is InChI=1S/C17H15ClN4O2S/c18-12-1-2-15(23)13(7-12)14-3-6-22(20-14)17(24)10-21-5-4-16-11(9-21)8-19-25-16/h1-2,4-5,7-8,23H,3,6,9-10H2. The number of aromatic nitrogens is 1. The maximum Gasteiger partial charge on any atom is 0.262 e. The van der Waals surface area contributed by atoms with Gasteiger partial charge in [0.25, 0.3) is 5.91 Å². The molecule has 4 rings (SSSR count). The first-order valence-electron chi connectivity index (χ1n) is 7.83. The fraction of sp³-hybridized carbons (Fsp3) is 0.235. The lowest BCUT2D eigenvalue weighted by Gasteiger charge is -2.24. The first-order chi connectivity index (χ1) is 12.1. The molecule has 0 saturated heterocycles. The summed E-state index contributed by atoms with van der Waals surface area (Å²) in [6.07, 6.45) is 6.33. The van der Waals surface area contributed by atoms with E-state index in [4.69, 9.17) is 11.6 Å². The Morgan fingerprint density at radius 2 is 2.28 bits per heavy atom. The number of amides is 1. The molecule has 0 unspecified atom stereocenters. The summed E-state index contributed by atoms with van der Waals surface area (Å²) in [5, 5.41) is 16.4. The van der Waals surface area contributed by atoms with Crippen LogP contribution in [-0.4, -0.2) is 44.1 Å². The van der Waals surface area contributed by atoms with Crippen LogP contribution in [0.15, 0.2) is 35.7 Å². The highest BCUT2D eigenvalue weighted by Crippen LogP contribution is 2.26. The second-order valence-corrected chi connectivity index (χ2v) is 7.18. The minimum absolute atomic E-state index is 0.0761. The highest BCUT2D eigenvalue weighted by Gasteiger charge is 2.25. The number of hydrazone groups is 1. The number of carbonyl (C=O) groups excluding carboxylic acids is 1. The van der Waals surface area contributed by atoms with Crippen LogP contribution in [0.25, 0.3) is 6.08 Å². The summed E-state index contributed by atoms with van der Waals surface area (Å²) in [5.41, 5.74) is 2.39. The zero-order valence-corrected chi connectivity index (χ0v) is 14.8. The van der Waals surface area contributed by atoms with E-state index < -0.39 is 0 Å². The molecule has 6 nitrogen and oxygen atoms in total. The van der Waals surface area contributed by atoms with Gasteiger partial charge in [-0.3, -0.25) is 4.79 Å². The molecule has 1 N–H and O–H groups in total. The molecular formula is C17H15ClN4O2S. The number of phenolic OH excluding ortho intramolecular Hbond substituents is 1.